The number of halogens is 1. The molecule has 1 aliphatic rings. The summed E-state index contributed by atoms with van der Waals surface area (Å²) in [6.07, 6.45) is 9.43. The molecule has 1 atom stereocenters. The number of hydrogen-bond acceptors (Lipinski definition) is 5. The lowest BCUT2D eigenvalue weighted by Crippen LogP contribution is -2.28. The maximum Gasteiger partial charge on any atom is 0.231 e. The monoisotopic (exact) mass is 349 g/mol. The number of anilines is 1. The van der Waals surface area contributed by atoms with Crippen LogP contribution in [0.15, 0.2) is 55.2 Å². The second-order valence-corrected chi connectivity index (χ2v) is 6.16. The van der Waals surface area contributed by atoms with Gasteiger partial charge in [0.15, 0.2) is 5.82 Å². The third-order valence-corrected chi connectivity index (χ3v) is 4.48. The number of nitrogens with zero attached hydrogens (tertiary/aromatic N) is 5. The Bertz CT molecular complexity index is 899. The molecule has 26 heavy (non-hydrogen) atoms. The molecule has 3 aromatic heterocycles. The molecule has 0 spiro atoms. The highest BCUT2D eigenvalue weighted by molar-refractivity contribution is 5.96. The number of carbonyl (C=O) groups is 1. The third-order valence-electron chi connectivity index (χ3n) is 4.48. The molecule has 0 radical (unpaired) electrons. The first-order chi connectivity index (χ1) is 12.7. The lowest BCUT2D eigenvalue weighted by Gasteiger charge is -2.15. The first-order valence-electron chi connectivity index (χ1n) is 8.35. The minimum atomic E-state index is -0.516. The van der Waals surface area contributed by atoms with Gasteiger partial charge in [-0.05, 0) is 36.6 Å². The van der Waals surface area contributed by atoms with E-state index in [1.165, 1.54) is 12.3 Å². The molecule has 0 aliphatic carbocycles. The summed E-state index contributed by atoms with van der Waals surface area (Å²) in [5, 5.41) is 0. The Hall–Kier alpha value is -3.22. The largest absolute Gasteiger partial charge is 0.295 e. The summed E-state index contributed by atoms with van der Waals surface area (Å²) in [7, 11) is 0. The van der Waals surface area contributed by atoms with Crippen LogP contribution in [0.1, 0.15) is 12.0 Å². The van der Waals surface area contributed by atoms with E-state index in [4.69, 9.17) is 0 Å². The van der Waals surface area contributed by atoms with Crippen LogP contribution in [-0.4, -0.2) is 32.4 Å². The molecule has 0 saturated carbocycles. The second kappa shape index (κ2) is 6.95. The quantitative estimate of drug-likeness (QED) is 0.677. The minimum Gasteiger partial charge on any atom is -0.295 e. The van der Waals surface area contributed by atoms with Gasteiger partial charge < -0.3 is 0 Å². The highest BCUT2D eigenvalue weighted by atomic mass is 19.1. The van der Waals surface area contributed by atoms with Gasteiger partial charge in [-0.2, -0.15) is 4.39 Å². The summed E-state index contributed by atoms with van der Waals surface area (Å²) >= 11 is 0. The van der Waals surface area contributed by atoms with Crippen molar-refractivity contribution in [3.05, 3.63) is 66.8 Å². The van der Waals surface area contributed by atoms with Crippen molar-refractivity contribution in [2.24, 2.45) is 5.92 Å². The van der Waals surface area contributed by atoms with Crippen LogP contribution in [0, 0.1) is 11.9 Å². The van der Waals surface area contributed by atoms with Gasteiger partial charge in [0, 0.05) is 36.6 Å². The summed E-state index contributed by atoms with van der Waals surface area (Å²) in [4.78, 5) is 30.8. The fraction of sp³-hybridized carbons (Fsp3) is 0.211. The molecule has 1 amide bonds. The van der Waals surface area contributed by atoms with E-state index in [-0.39, 0.29) is 11.8 Å². The fourth-order valence-electron chi connectivity index (χ4n) is 3.10. The summed E-state index contributed by atoms with van der Waals surface area (Å²) in [6, 6.07) is 6.70. The van der Waals surface area contributed by atoms with Crippen LogP contribution < -0.4 is 4.90 Å². The zero-order valence-electron chi connectivity index (χ0n) is 13.9. The zero-order valence-corrected chi connectivity index (χ0v) is 13.9. The molecule has 3 aromatic rings. The Balaban J connectivity index is 1.47. The topological polar surface area (TPSA) is 71.9 Å². The van der Waals surface area contributed by atoms with Gasteiger partial charge in [0.25, 0.3) is 0 Å². The van der Waals surface area contributed by atoms with Gasteiger partial charge in [-0.15, -0.1) is 0 Å². The van der Waals surface area contributed by atoms with Gasteiger partial charge in [0.2, 0.25) is 11.9 Å². The van der Waals surface area contributed by atoms with E-state index < -0.39 is 5.95 Å². The first-order valence-corrected chi connectivity index (χ1v) is 8.35. The molecule has 0 N–H and O–H groups in total. The van der Waals surface area contributed by atoms with Crippen molar-refractivity contribution in [2.45, 2.75) is 12.8 Å². The Kier molecular flexibility index (Phi) is 4.35. The maximum absolute atomic E-state index is 12.9. The summed E-state index contributed by atoms with van der Waals surface area (Å²) in [6.45, 7) is 0.599. The molecule has 1 saturated heterocycles. The predicted octanol–water partition coefficient (Wildman–Crippen LogP) is 2.67. The van der Waals surface area contributed by atoms with E-state index in [0.29, 0.717) is 18.8 Å². The average Bonchev–Trinajstić information content (AvgIpc) is 3.05. The number of aromatic nitrogens is 4. The average molecular weight is 349 g/mol. The molecule has 1 aliphatic heterocycles. The van der Waals surface area contributed by atoms with E-state index in [2.05, 4.69) is 19.9 Å². The second-order valence-electron chi connectivity index (χ2n) is 6.16. The fourth-order valence-corrected chi connectivity index (χ4v) is 3.10. The number of carbonyl (C=O) groups excluding carboxylic acids is 1. The van der Waals surface area contributed by atoms with E-state index in [1.54, 1.807) is 35.8 Å². The summed E-state index contributed by atoms with van der Waals surface area (Å²) in [5.74, 6) is -0.102. The molecule has 0 unspecified atom stereocenters. The lowest BCUT2D eigenvalue weighted by molar-refractivity contribution is -0.120. The molecule has 6 nitrogen and oxygen atoms in total. The van der Waals surface area contributed by atoms with Crippen LogP contribution >= 0.6 is 0 Å². The summed E-state index contributed by atoms with van der Waals surface area (Å²) in [5.41, 5.74) is 2.51. The van der Waals surface area contributed by atoms with Crippen LogP contribution in [0.5, 0.6) is 0 Å². The third kappa shape index (κ3) is 3.28. The van der Waals surface area contributed by atoms with Crippen molar-refractivity contribution in [3.63, 3.8) is 0 Å². The summed E-state index contributed by atoms with van der Waals surface area (Å²) < 4.78 is 12.9. The standard InChI is InChI=1S/C19H16FN5O/c20-17-2-1-13(10-23-17)9-15-5-8-25(19(15)26)18-12-22-16(11-24-18)14-3-6-21-7-4-14/h1-4,6-7,10-12,15H,5,8-9H2/t15-/m0/s1. The Labute approximate surface area is 149 Å². The van der Waals surface area contributed by atoms with Crippen molar-refractivity contribution >= 4 is 11.7 Å². The Morgan fingerprint density at radius 2 is 1.88 bits per heavy atom. The molecule has 4 heterocycles. The van der Waals surface area contributed by atoms with Crippen LogP contribution in [0.25, 0.3) is 11.3 Å². The number of rotatable bonds is 4. The van der Waals surface area contributed by atoms with Crippen LogP contribution in [0.4, 0.5) is 10.2 Å². The van der Waals surface area contributed by atoms with Crippen molar-refractivity contribution in [1.82, 2.24) is 19.9 Å². The van der Waals surface area contributed by atoms with E-state index in [9.17, 15) is 9.18 Å². The van der Waals surface area contributed by atoms with Crippen LogP contribution in [0.2, 0.25) is 0 Å². The molecule has 4 rings (SSSR count). The van der Waals surface area contributed by atoms with Crippen LogP contribution in [-0.2, 0) is 11.2 Å². The first kappa shape index (κ1) is 16.3. The highest BCUT2D eigenvalue weighted by Crippen LogP contribution is 2.26. The van der Waals surface area contributed by atoms with Crippen molar-refractivity contribution in [1.29, 1.82) is 0 Å². The minimum absolute atomic E-state index is 0.0142. The van der Waals surface area contributed by atoms with Crippen molar-refractivity contribution < 1.29 is 9.18 Å². The predicted molar refractivity (Wildman–Crippen MR) is 93.6 cm³/mol. The van der Waals surface area contributed by atoms with Gasteiger partial charge in [0.05, 0.1) is 18.1 Å². The lowest BCUT2D eigenvalue weighted by atomic mass is 9.99. The SMILES string of the molecule is O=C1[C@H](Cc2ccc(F)nc2)CCN1c1cnc(-c2ccncc2)cn1. The number of amides is 1. The van der Waals surface area contributed by atoms with Crippen LogP contribution in [0.3, 0.4) is 0 Å². The van der Waals surface area contributed by atoms with Gasteiger partial charge in [-0.25, -0.2) is 9.97 Å². The number of pyridine rings is 2. The molecule has 1 fully saturated rings. The van der Waals surface area contributed by atoms with Crippen molar-refractivity contribution in [3.8, 4) is 11.3 Å². The maximum atomic E-state index is 12.9. The van der Waals surface area contributed by atoms with Crippen molar-refractivity contribution in [2.75, 3.05) is 11.4 Å². The molecule has 0 bridgehead atoms. The van der Waals surface area contributed by atoms with Gasteiger partial charge in [-0.1, -0.05) is 6.07 Å². The van der Waals surface area contributed by atoms with E-state index >= 15 is 0 Å². The van der Waals surface area contributed by atoms with Gasteiger partial charge >= 0.3 is 0 Å². The van der Waals surface area contributed by atoms with Gasteiger partial charge in [0.1, 0.15) is 0 Å². The molecule has 0 aromatic carbocycles. The van der Waals surface area contributed by atoms with E-state index in [1.807, 2.05) is 12.1 Å². The Morgan fingerprint density at radius 3 is 2.58 bits per heavy atom. The molecule has 130 valence electrons. The molecular weight excluding hydrogens is 333 g/mol. The smallest absolute Gasteiger partial charge is 0.231 e. The Morgan fingerprint density at radius 1 is 1.04 bits per heavy atom. The van der Waals surface area contributed by atoms with Gasteiger partial charge in [-0.3, -0.25) is 19.7 Å². The normalized spacial score (nSPS) is 16.9. The molecule has 7 heteroatoms. The van der Waals surface area contributed by atoms with E-state index in [0.717, 1.165) is 23.2 Å². The zero-order chi connectivity index (χ0) is 17.9. The highest BCUT2D eigenvalue weighted by Gasteiger charge is 2.33. The number of hydrogen-bond donors (Lipinski definition) is 0. The molecular formula is C19H16FN5O.